The molecule has 1 atom stereocenters. The first kappa shape index (κ1) is 40.4. The Balaban J connectivity index is 0.00000253. The summed E-state index contributed by atoms with van der Waals surface area (Å²) >= 11 is 0. The lowest BCUT2D eigenvalue weighted by Gasteiger charge is -2.33. The number of unbranched alkanes of at least 4 members (excludes halogenated alkanes) is 1. The van der Waals surface area contributed by atoms with Gasteiger partial charge in [0.05, 0.1) is 0 Å². The predicted octanol–water partition coefficient (Wildman–Crippen LogP) is 16.6. The van der Waals surface area contributed by atoms with E-state index in [1.165, 1.54) is 60.5 Å². The van der Waals surface area contributed by atoms with Crippen LogP contribution in [-0.4, -0.2) is 0 Å². The summed E-state index contributed by atoms with van der Waals surface area (Å²) in [5, 5.41) is 4.95. The molecule has 8 aromatic rings. The third-order valence-corrected chi connectivity index (χ3v) is 12.0. The van der Waals surface area contributed by atoms with E-state index in [4.69, 9.17) is 0 Å². The quantitative estimate of drug-likeness (QED) is 0.0677. The zero-order valence-electron chi connectivity index (χ0n) is 35.1. The molecule has 61 heavy (non-hydrogen) atoms. The summed E-state index contributed by atoms with van der Waals surface area (Å²) in [4.78, 5) is 2.48. The Bertz CT molecular complexity index is 2940. The Morgan fingerprint density at radius 2 is 1.25 bits per heavy atom. The van der Waals surface area contributed by atoms with Crippen molar-refractivity contribution in [2.45, 2.75) is 38.5 Å². The van der Waals surface area contributed by atoms with Crippen LogP contribution >= 0.6 is 0 Å². The number of anilines is 3. The molecule has 9 rings (SSSR count). The Morgan fingerprint density at radius 1 is 0.590 bits per heavy atom. The molecule has 0 heterocycles. The monoisotopic (exact) mass is 785 g/mol. The number of benzene rings is 8. The van der Waals surface area contributed by atoms with Gasteiger partial charge in [-0.1, -0.05) is 190 Å². The lowest BCUT2D eigenvalue weighted by Crippen LogP contribution is -2.26. The van der Waals surface area contributed by atoms with Gasteiger partial charge in [0.2, 0.25) is 0 Å². The standard InChI is InChI=1S/C58H49N.C2H2/c1-4-7-9-20-36-58(48-25-14-11-15-26-48)56-29-19-18-28-53(56)54-35-34-50(41-57(54)58)59(49-33-32-45-31-30-44-24-16-17-27-52(44)55(45)40-49)51-38-46(42(6-3)21-8-5-2)37-47(39-51)43-22-12-10-13-23-43;1-2/h4,6-7,9-35,37-41H,3,5,8,36H2,1-2H3;1-2H/b7-4-,20-9-,42-21+;. The van der Waals surface area contributed by atoms with Crippen LogP contribution in [0.4, 0.5) is 17.1 Å². The molecule has 0 N–H and O–H groups in total. The summed E-state index contributed by atoms with van der Waals surface area (Å²) in [5.41, 5.74) is 14.1. The van der Waals surface area contributed by atoms with Crippen molar-refractivity contribution in [1.82, 2.24) is 0 Å². The number of terminal acetylenes is 1. The van der Waals surface area contributed by atoms with Gasteiger partial charge in [0.25, 0.3) is 0 Å². The van der Waals surface area contributed by atoms with Crippen molar-refractivity contribution in [2.24, 2.45) is 0 Å². The first-order chi connectivity index (χ1) is 30.1. The second-order valence-corrected chi connectivity index (χ2v) is 15.5. The number of allylic oxidation sites excluding steroid dienone is 7. The lowest BCUT2D eigenvalue weighted by molar-refractivity contribution is 0.645. The first-order valence-electron chi connectivity index (χ1n) is 21.3. The predicted molar refractivity (Wildman–Crippen MR) is 265 cm³/mol. The molecule has 0 saturated heterocycles. The number of nitrogens with zero attached hydrogens (tertiary/aromatic N) is 1. The molecular weight excluding hydrogens is 735 g/mol. The molecule has 1 aliphatic rings. The smallest absolute Gasteiger partial charge is 0.0498 e. The molecule has 1 heteroatoms. The van der Waals surface area contributed by atoms with Crippen LogP contribution in [0.1, 0.15) is 55.4 Å². The third-order valence-electron chi connectivity index (χ3n) is 12.0. The van der Waals surface area contributed by atoms with E-state index in [0.717, 1.165) is 47.5 Å². The number of hydrogen-bond donors (Lipinski definition) is 0. The van der Waals surface area contributed by atoms with Gasteiger partial charge in [-0.3, -0.25) is 0 Å². The van der Waals surface area contributed by atoms with Crippen LogP contribution in [-0.2, 0) is 5.41 Å². The van der Waals surface area contributed by atoms with Crippen molar-refractivity contribution in [3.8, 4) is 35.1 Å². The highest BCUT2D eigenvalue weighted by Crippen LogP contribution is 2.56. The van der Waals surface area contributed by atoms with Crippen LogP contribution in [0.5, 0.6) is 0 Å². The SMILES string of the molecule is C#C.C=C/C(=C\CCC)c1cc(-c2ccccc2)cc(N(c2ccc3c(c2)C(C/C=C\C=C/C)(c2ccccc2)c2ccccc2-3)c2ccc3ccc4ccccc4c3c2)c1. The van der Waals surface area contributed by atoms with E-state index in [0.29, 0.717) is 0 Å². The van der Waals surface area contributed by atoms with Crippen LogP contribution < -0.4 is 4.90 Å². The maximum absolute atomic E-state index is 4.29. The maximum atomic E-state index is 4.29. The third kappa shape index (κ3) is 7.66. The summed E-state index contributed by atoms with van der Waals surface area (Å²) in [5.74, 6) is 0. The van der Waals surface area contributed by atoms with Gasteiger partial charge >= 0.3 is 0 Å². The fourth-order valence-electron chi connectivity index (χ4n) is 9.20. The minimum atomic E-state index is -0.386. The molecule has 1 aliphatic carbocycles. The topological polar surface area (TPSA) is 3.24 Å². The molecule has 296 valence electrons. The van der Waals surface area contributed by atoms with Crippen LogP contribution in [0.2, 0.25) is 0 Å². The summed E-state index contributed by atoms with van der Waals surface area (Å²) in [6.45, 7) is 8.60. The molecular formula is C60H51N. The average molecular weight is 786 g/mol. The van der Waals surface area contributed by atoms with E-state index in [1.807, 2.05) is 6.08 Å². The van der Waals surface area contributed by atoms with Gasteiger partial charge in [0.15, 0.2) is 0 Å². The Labute approximate surface area is 362 Å². The molecule has 8 aromatic carbocycles. The largest absolute Gasteiger partial charge is 0.310 e. The molecule has 0 bridgehead atoms. The Kier molecular flexibility index (Phi) is 12.1. The van der Waals surface area contributed by atoms with Crippen molar-refractivity contribution >= 4 is 44.2 Å². The maximum Gasteiger partial charge on any atom is 0.0498 e. The van der Waals surface area contributed by atoms with E-state index in [2.05, 4.69) is 244 Å². The first-order valence-corrected chi connectivity index (χ1v) is 21.3. The molecule has 1 unspecified atom stereocenters. The molecule has 0 fully saturated rings. The van der Waals surface area contributed by atoms with Gasteiger partial charge in [-0.25, -0.2) is 0 Å². The number of rotatable bonds is 12. The molecule has 1 nitrogen and oxygen atoms in total. The fraction of sp³-hybridized carbons (Fsp3) is 0.100. The number of hydrogen-bond acceptors (Lipinski definition) is 1. The van der Waals surface area contributed by atoms with Crippen LogP contribution in [0.3, 0.4) is 0 Å². The van der Waals surface area contributed by atoms with Crippen molar-refractivity contribution in [1.29, 1.82) is 0 Å². The van der Waals surface area contributed by atoms with Gasteiger partial charge in [0.1, 0.15) is 0 Å². The van der Waals surface area contributed by atoms with Crippen LogP contribution in [0.15, 0.2) is 219 Å². The van der Waals surface area contributed by atoms with Crippen molar-refractivity contribution < 1.29 is 0 Å². The molecule has 0 aliphatic heterocycles. The molecule has 0 amide bonds. The highest BCUT2D eigenvalue weighted by atomic mass is 15.1. The summed E-state index contributed by atoms with van der Waals surface area (Å²) < 4.78 is 0. The lowest BCUT2D eigenvalue weighted by atomic mass is 9.70. The van der Waals surface area contributed by atoms with E-state index >= 15 is 0 Å². The van der Waals surface area contributed by atoms with Crippen molar-refractivity contribution in [3.63, 3.8) is 0 Å². The Hall–Kier alpha value is -7.40. The molecule has 0 radical (unpaired) electrons. The van der Waals surface area contributed by atoms with E-state index < -0.39 is 0 Å². The van der Waals surface area contributed by atoms with Gasteiger partial charge in [-0.05, 0) is 134 Å². The fourth-order valence-corrected chi connectivity index (χ4v) is 9.20. The van der Waals surface area contributed by atoms with Gasteiger partial charge in [-0.15, -0.1) is 12.8 Å². The van der Waals surface area contributed by atoms with Crippen LogP contribution in [0, 0.1) is 12.8 Å². The second-order valence-electron chi connectivity index (χ2n) is 15.5. The normalized spacial score (nSPS) is 14.5. The minimum absolute atomic E-state index is 0.386. The average Bonchev–Trinajstić information content (AvgIpc) is 3.61. The van der Waals surface area contributed by atoms with Crippen molar-refractivity contribution in [3.05, 3.63) is 241 Å². The minimum Gasteiger partial charge on any atom is -0.310 e. The van der Waals surface area contributed by atoms with Gasteiger partial charge in [0, 0.05) is 22.5 Å². The van der Waals surface area contributed by atoms with Crippen molar-refractivity contribution in [2.75, 3.05) is 4.90 Å². The van der Waals surface area contributed by atoms with E-state index in [1.54, 1.807) is 0 Å². The summed E-state index contributed by atoms with van der Waals surface area (Å²) in [6, 6.07) is 65.3. The van der Waals surface area contributed by atoms with E-state index in [9.17, 15) is 0 Å². The zero-order valence-corrected chi connectivity index (χ0v) is 35.1. The number of fused-ring (bicyclic) bond motifs is 6. The van der Waals surface area contributed by atoms with E-state index in [-0.39, 0.29) is 5.41 Å². The summed E-state index contributed by atoms with van der Waals surface area (Å²) in [6.07, 6.45) is 24.0. The molecule has 0 aromatic heterocycles. The Morgan fingerprint density at radius 3 is 2.02 bits per heavy atom. The molecule has 0 saturated carbocycles. The van der Waals surface area contributed by atoms with Crippen LogP contribution in [0.25, 0.3) is 49.4 Å². The summed E-state index contributed by atoms with van der Waals surface area (Å²) in [7, 11) is 0. The van der Waals surface area contributed by atoms with Gasteiger partial charge in [-0.2, -0.15) is 0 Å². The second kappa shape index (κ2) is 18.3. The highest BCUT2D eigenvalue weighted by molar-refractivity contribution is 6.09. The highest BCUT2D eigenvalue weighted by Gasteiger charge is 2.44. The van der Waals surface area contributed by atoms with Gasteiger partial charge < -0.3 is 4.90 Å². The zero-order chi connectivity index (χ0) is 42.2. The molecule has 0 spiro atoms.